The minimum atomic E-state index is -0.553. The largest absolute Gasteiger partial charge is 0.497 e. The number of benzene rings is 2. The third kappa shape index (κ3) is 4.65. The number of carbonyl (C=O) groups is 2. The number of methoxy groups -OCH3 is 1. The second-order valence-electron chi connectivity index (χ2n) is 6.93. The Kier molecular flexibility index (Phi) is 6.22. The van der Waals surface area contributed by atoms with E-state index in [1.165, 1.54) is 12.1 Å². The number of aromatic nitrogens is 1. The molecule has 3 rings (SSSR count). The molecule has 0 saturated heterocycles. The number of ether oxygens (including phenoxy) is 1. The van der Waals surface area contributed by atoms with Gasteiger partial charge >= 0.3 is 0 Å². The highest BCUT2D eigenvalue weighted by Crippen LogP contribution is 2.24. The highest BCUT2D eigenvalue weighted by Gasteiger charge is 2.14. The summed E-state index contributed by atoms with van der Waals surface area (Å²) in [5, 5.41) is 12.2. The fraction of sp³-hybridized carbons (Fsp3) is 0.125. The van der Waals surface area contributed by atoms with Crippen molar-refractivity contribution >= 4 is 23.6 Å². The van der Waals surface area contributed by atoms with Gasteiger partial charge in [0.1, 0.15) is 17.4 Å². The molecular weight excluding hydrogens is 392 g/mol. The second kappa shape index (κ2) is 9.01. The maximum absolute atomic E-state index is 12.6. The normalized spacial score (nSPS) is 11.0. The molecular formula is C24H22N4O3. The molecule has 0 fully saturated rings. The topological polar surface area (TPSA) is 110 Å². The number of hydrogen-bond donors (Lipinski definition) is 2. The van der Waals surface area contributed by atoms with E-state index in [2.05, 4.69) is 5.32 Å². The molecule has 0 radical (unpaired) electrons. The van der Waals surface area contributed by atoms with E-state index in [0.717, 1.165) is 28.4 Å². The quantitative estimate of drug-likeness (QED) is 0.473. The van der Waals surface area contributed by atoms with Gasteiger partial charge < -0.3 is 20.4 Å². The van der Waals surface area contributed by atoms with Crippen LogP contribution >= 0.6 is 0 Å². The van der Waals surface area contributed by atoms with Crippen molar-refractivity contribution in [3.8, 4) is 17.5 Å². The summed E-state index contributed by atoms with van der Waals surface area (Å²) in [6.45, 7) is 3.89. The Bertz CT molecular complexity index is 1200. The minimum Gasteiger partial charge on any atom is -0.497 e. The van der Waals surface area contributed by atoms with Crippen molar-refractivity contribution in [1.82, 2.24) is 4.57 Å². The van der Waals surface area contributed by atoms with Crippen molar-refractivity contribution in [2.45, 2.75) is 13.8 Å². The first-order valence-corrected chi connectivity index (χ1v) is 9.50. The van der Waals surface area contributed by atoms with Crippen LogP contribution in [0.25, 0.3) is 11.8 Å². The van der Waals surface area contributed by atoms with Gasteiger partial charge in [-0.1, -0.05) is 0 Å². The van der Waals surface area contributed by atoms with Crippen LogP contribution in [0.2, 0.25) is 0 Å². The maximum Gasteiger partial charge on any atom is 0.266 e. The molecule has 156 valence electrons. The number of carbonyl (C=O) groups excluding carboxylic acids is 2. The molecule has 0 saturated carbocycles. The van der Waals surface area contributed by atoms with Gasteiger partial charge in [-0.15, -0.1) is 0 Å². The van der Waals surface area contributed by atoms with Gasteiger partial charge in [0.25, 0.3) is 5.91 Å². The van der Waals surface area contributed by atoms with Crippen molar-refractivity contribution in [1.29, 1.82) is 5.26 Å². The average Bonchev–Trinajstić information content (AvgIpc) is 3.05. The van der Waals surface area contributed by atoms with Gasteiger partial charge in [-0.2, -0.15) is 5.26 Å². The van der Waals surface area contributed by atoms with Crippen LogP contribution in [0.3, 0.4) is 0 Å². The van der Waals surface area contributed by atoms with Crippen molar-refractivity contribution in [3.05, 3.63) is 82.7 Å². The second-order valence-corrected chi connectivity index (χ2v) is 6.93. The van der Waals surface area contributed by atoms with Crippen LogP contribution in [0.4, 0.5) is 5.69 Å². The molecule has 1 heterocycles. The lowest BCUT2D eigenvalue weighted by atomic mass is 10.1. The summed E-state index contributed by atoms with van der Waals surface area (Å²) >= 11 is 0. The van der Waals surface area contributed by atoms with Gasteiger partial charge in [0.2, 0.25) is 5.91 Å². The minimum absolute atomic E-state index is 0.0334. The average molecular weight is 414 g/mol. The third-order valence-electron chi connectivity index (χ3n) is 4.89. The molecule has 7 nitrogen and oxygen atoms in total. The van der Waals surface area contributed by atoms with Crippen molar-refractivity contribution < 1.29 is 14.3 Å². The Labute approximate surface area is 180 Å². The van der Waals surface area contributed by atoms with Crippen LogP contribution in [0.15, 0.2) is 60.2 Å². The van der Waals surface area contributed by atoms with E-state index < -0.39 is 11.8 Å². The summed E-state index contributed by atoms with van der Waals surface area (Å²) < 4.78 is 7.25. The summed E-state index contributed by atoms with van der Waals surface area (Å²) in [6.07, 6.45) is 1.56. The summed E-state index contributed by atoms with van der Waals surface area (Å²) in [7, 11) is 1.62. The molecule has 7 heteroatoms. The number of nitriles is 1. The number of nitrogens with two attached hydrogens (primary N) is 1. The fourth-order valence-electron chi connectivity index (χ4n) is 3.28. The molecule has 31 heavy (non-hydrogen) atoms. The van der Waals surface area contributed by atoms with E-state index in [4.69, 9.17) is 10.5 Å². The first-order valence-electron chi connectivity index (χ1n) is 9.50. The number of anilines is 1. The third-order valence-corrected chi connectivity index (χ3v) is 4.89. The Morgan fingerprint density at radius 1 is 1.10 bits per heavy atom. The standard InChI is InChI=1S/C24H22N4O3/c1-15-12-18(16(2)28(15)21-8-10-22(31-3)11-9-21)13-19(14-25)24(30)27-20-6-4-17(5-7-20)23(26)29/h4-13H,1-3H3,(H2,26,29)(H,27,30)/b19-13+. The number of amides is 2. The van der Waals surface area contributed by atoms with Gasteiger partial charge in [0.15, 0.2) is 0 Å². The SMILES string of the molecule is COc1ccc(-n2c(C)cc(/C=C(\C#N)C(=O)Nc3ccc(C(N)=O)cc3)c2C)cc1. The van der Waals surface area contributed by atoms with Crippen LogP contribution in [-0.2, 0) is 4.79 Å². The van der Waals surface area contributed by atoms with Crippen molar-refractivity contribution in [2.75, 3.05) is 12.4 Å². The zero-order chi connectivity index (χ0) is 22.5. The van der Waals surface area contributed by atoms with E-state index in [-0.39, 0.29) is 5.57 Å². The van der Waals surface area contributed by atoms with E-state index in [0.29, 0.717) is 11.3 Å². The molecule has 0 bridgehead atoms. The van der Waals surface area contributed by atoms with Gasteiger partial charge in [0, 0.05) is 28.3 Å². The van der Waals surface area contributed by atoms with Gasteiger partial charge in [0.05, 0.1) is 7.11 Å². The number of hydrogen-bond acceptors (Lipinski definition) is 4. The molecule has 0 spiro atoms. The number of aryl methyl sites for hydroxylation is 1. The van der Waals surface area contributed by atoms with Gasteiger partial charge in [-0.3, -0.25) is 9.59 Å². The fourth-order valence-corrected chi connectivity index (χ4v) is 3.28. The van der Waals surface area contributed by atoms with Crippen LogP contribution < -0.4 is 15.8 Å². The molecule has 0 unspecified atom stereocenters. The van der Waals surface area contributed by atoms with E-state index in [9.17, 15) is 14.9 Å². The predicted molar refractivity (Wildman–Crippen MR) is 119 cm³/mol. The Morgan fingerprint density at radius 3 is 2.29 bits per heavy atom. The van der Waals surface area contributed by atoms with Crippen molar-refractivity contribution in [3.63, 3.8) is 0 Å². The lowest BCUT2D eigenvalue weighted by Gasteiger charge is -2.10. The summed E-state index contributed by atoms with van der Waals surface area (Å²) in [4.78, 5) is 23.8. The lowest BCUT2D eigenvalue weighted by Crippen LogP contribution is -2.14. The Morgan fingerprint density at radius 2 is 1.74 bits per heavy atom. The summed E-state index contributed by atoms with van der Waals surface area (Å²) in [5.74, 6) is -0.329. The number of nitrogens with zero attached hydrogens (tertiary/aromatic N) is 2. The predicted octanol–water partition coefficient (Wildman–Crippen LogP) is 3.75. The van der Waals surface area contributed by atoms with Gasteiger partial charge in [-0.25, -0.2) is 0 Å². The van der Waals surface area contributed by atoms with Crippen LogP contribution in [0.5, 0.6) is 5.75 Å². The van der Waals surface area contributed by atoms with E-state index in [1.54, 1.807) is 25.3 Å². The highest BCUT2D eigenvalue weighted by molar-refractivity contribution is 6.10. The number of nitrogens with one attached hydrogen (secondary N) is 1. The molecule has 3 aromatic rings. The lowest BCUT2D eigenvalue weighted by molar-refractivity contribution is -0.112. The first-order chi connectivity index (χ1) is 14.8. The Hall–Kier alpha value is -4.31. The molecule has 0 aliphatic carbocycles. The smallest absolute Gasteiger partial charge is 0.266 e. The van der Waals surface area contributed by atoms with E-state index >= 15 is 0 Å². The summed E-state index contributed by atoms with van der Waals surface area (Å²) in [5.41, 5.74) is 9.56. The van der Waals surface area contributed by atoms with Crippen LogP contribution in [0.1, 0.15) is 27.3 Å². The van der Waals surface area contributed by atoms with Crippen molar-refractivity contribution in [2.24, 2.45) is 5.73 Å². The van der Waals surface area contributed by atoms with Crippen LogP contribution in [-0.4, -0.2) is 23.5 Å². The Balaban J connectivity index is 1.87. The first kappa shape index (κ1) is 21.4. The number of rotatable bonds is 6. The number of primary amides is 1. The summed E-state index contributed by atoms with van der Waals surface area (Å²) in [6, 6.07) is 17.7. The molecule has 1 aromatic heterocycles. The molecule has 0 atom stereocenters. The molecule has 3 N–H and O–H groups in total. The van der Waals surface area contributed by atoms with Gasteiger partial charge in [-0.05, 0) is 80.1 Å². The zero-order valence-corrected chi connectivity index (χ0v) is 17.5. The monoisotopic (exact) mass is 414 g/mol. The molecule has 0 aliphatic heterocycles. The highest BCUT2D eigenvalue weighted by atomic mass is 16.5. The molecule has 2 aromatic carbocycles. The molecule has 2 amide bonds. The van der Waals surface area contributed by atoms with Crippen LogP contribution in [0, 0.1) is 25.2 Å². The zero-order valence-electron chi connectivity index (χ0n) is 17.5. The van der Waals surface area contributed by atoms with E-state index in [1.807, 2.05) is 54.8 Å². The maximum atomic E-state index is 12.6. The molecule has 0 aliphatic rings.